The number of rotatable bonds is 4. The molecule has 142 valence electrons. The second-order valence-electron chi connectivity index (χ2n) is 7.67. The average molecular weight is 364 g/mol. The zero-order valence-corrected chi connectivity index (χ0v) is 16.0. The lowest BCUT2D eigenvalue weighted by molar-refractivity contribution is -0.123. The van der Waals surface area contributed by atoms with E-state index in [0.717, 1.165) is 56.8 Å². The summed E-state index contributed by atoms with van der Waals surface area (Å²) in [7, 11) is 2.15. The first-order valence-electron chi connectivity index (χ1n) is 9.94. The normalized spacial score (nSPS) is 20.2. The molecule has 0 radical (unpaired) electrons. The number of nitrogens with one attached hydrogen (secondary N) is 1. The maximum absolute atomic E-state index is 12.8. The Hall–Kier alpha value is -2.40. The molecule has 5 nitrogen and oxygen atoms in total. The Balaban J connectivity index is 1.39. The zero-order valence-electron chi connectivity index (χ0n) is 16.0. The Labute approximate surface area is 161 Å². The molecular weight excluding hydrogens is 336 g/mol. The molecule has 1 aliphatic carbocycles. The summed E-state index contributed by atoms with van der Waals surface area (Å²) >= 11 is 0. The Kier molecular flexibility index (Phi) is 5.39. The minimum Gasteiger partial charge on any atom is -0.354 e. The van der Waals surface area contributed by atoms with Crippen molar-refractivity contribution in [3.8, 4) is 0 Å². The second kappa shape index (κ2) is 8.09. The van der Waals surface area contributed by atoms with Gasteiger partial charge in [0.2, 0.25) is 5.91 Å². The SMILES string of the molecule is CN1CCN(c2cc(CNC(=O)C3CCCc4ccccc43)ccn2)CC1. The summed E-state index contributed by atoms with van der Waals surface area (Å²) in [5.41, 5.74) is 3.63. The van der Waals surface area contributed by atoms with Crippen molar-refractivity contribution in [1.82, 2.24) is 15.2 Å². The van der Waals surface area contributed by atoms with Gasteiger partial charge in [0, 0.05) is 38.9 Å². The topological polar surface area (TPSA) is 48.5 Å². The molecule has 1 fully saturated rings. The van der Waals surface area contributed by atoms with E-state index < -0.39 is 0 Å². The third-order valence-corrected chi connectivity index (χ3v) is 5.79. The van der Waals surface area contributed by atoms with Crippen LogP contribution in [-0.2, 0) is 17.8 Å². The number of likely N-dealkylation sites (N-methyl/N-ethyl adjacent to an activating group) is 1. The fraction of sp³-hybridized carbons (Fsp3) is 0.455. The number of piperazine rings is 1. The average Bonchev–Trinajstić information content (AvgIpc) is 2.72. The Morgan fingerprint density at radius 1 is 1.19 bits per heavy atom. The van der Waals surface area contributed by atoms with Crippen LogP contribution in [0.5, 0.6) is 0 Å². The predicted molar refractivity (Wildman–Crippen MR) is 108 cm³/mol. The first kappa shape index (κ1) is 18.0. The third-order valence-electron chi connectivity index (χ3n) is 5.79. The number of amides is 1. The highest BCUT2D eigenvalue weighted by atomic mass is 16.1. The molecule has 0 spiro atoms. The van der Waals surface area contributed by atoms with Crippen molar-refractivity contribution in [1.29, 1.82) is 0 Å². The van der Waals surface area contributed by atoms with Gasteiger partial charge in [-0.2, -0.15) is 0 Å². The number of pyridine rings is 1. The van der Waals surface area contributed by atoms with Gasteiger partial charge in [-0.05, 0) is 55.1 Å². The van der Waals surface area contributed by atoms with Crippen molar-refractivity contribution >= 4 is 11.7 Å². The van der Waals surface area contributed by atoms with Crippen molar-refractivity contribution < 1.29 is 4.79 Å². The second-order valence-corrected chi connectivity index (χ2v) is 7.67. The van der Waals surface area contributed by atoms with Gasteiger partial charge in [0.15, 0.2) is 0 Å². The van der Waals surface area contributed by atoms with E-state index in [4.69, 9.17) is 0 Å². The van der Waals surface area contributed by atoms with Gasteiger partial charge in [0.1, 0.15) is 5.82 Å². The van der Waals surface area contributed by atoms with Crippen molar-refractivity contribution in [2.45, 2.75) is 31.7 Å². The molecule has 2 aliphatic rings. The summed E-state index contributed by atoms with van der Waals surface area (Å²) in [6.07, 6.45) is 4.95. The maximum Gasteiger partial charge on any atom is 0.227 e. The minimum absolute atomic E-state index is 0.0195. The van der Waals surface area contributed by atoms with Gasteiger partial charge in [-0.3, -0.25) is 4.79 Å². The molecule has 27 heavy (non-hydrogen) atoms. The first-order valence-corrected chi connectivity index (χ1v) is 9.94. The zero-order chi connectivity index (χ0) is 18.6. The number of aryl methyl sites for hydroxylation is 1. The van der Waals surface area contributed by atoms with Crippen molar-refractivity contribution in [2.75, 3.05) is 38.1 Å². The van der Waals surface area contributed by atoms with Gasteiger partial charge >= 0.3 is 0 Å². The van der Waals surface area contributed by atoms with Gasteiger partial charge in [-0.25, -0.2) is 4.98 Å². The summed E-state index contributed by atoms with van der Waals surface area (Å²) in [6.45, 7) is 4.67. The first-order chi connectivity index (χ1) is 13.2. The van der Waals surface area contributed by atoms with E-state index in [1.54, 1.807) is 0 Å². The minimum atomic E-state index is -0.0195. The predicted octanol–water partition coefficient (Wildman–Crippen LogP) is 2.57. The highest BCUT2D eigenvalue weighted by Gasteiger charge is 2.25. The maximum atomic E-state index is 12.8. The van der Waals surface area contributed by atoms with Crippen molar-refractivity contribution in [3.63, 3.8) is 0 Å². The smallest absolute Gasteiger partial charge is 0.227 e. The van der Waals surface area contributed by atoms with E-state index in [0.29, 0.717) is 6.54 Å². The number of nitrogens with zero attached hydrogens (tertiary/aromatic N) is 3. The van der Waals surface area contributed by atoms with E-state index in [1.807, 2.05) is 18.3 Å². The number of hydrogen-bond donors (Lipinski definition) is 1. The summed E-state index contributed by atoms with van der Waals surface area (Å²) in [4.78, 5) is 22.0. The van der Waals surface area contributed by atoms with Crippen LogP contribution in [0, 0.1) is 0 Å². The Morgan fingerprint density at radius 2 is 2.00 bits per heavy atom. The van der Waals surface area contributed by atoms with Crippen LogP contribution in [0.1, 0.15) is 35.4 Å². The molecule has 1 N–H and O–H groups in total. The van der Waals surface area contributed by atoms with Crippen LogP contribution < -0.4 is 10.2 Å². The van der Waals surface area contributed by atoms with E-state index in [1.165, 1.54) is 11.1 Å². The Bertz CT molecular complexity index is 798. The van der Waals surface area contributed by atoms with Crippen molar-refractivity contribution in [2.24, 2.45) is 0 Å². The van der Waals surface area contributed by atoms with Gasteiger partial charge < -0.3 is 15.1 Å². The number of carbonyl (C=O) groups excluding carboxylic acids is 1. The number of benzene rings is 1. The molecular formula is C22H28N4O. The number of carbonyl (C=O) groups is 1. The molecule has 1 aromatic carbocycles. The van der Waals surface area contributed by atoms with Crippen LogP contribution >= 0.6 is 0 Å². The van der Waals surface area contributed by atoms with Gasteiger partial charge in [0.25, 0.3) is 0 Å². The molecule has 5 heteroatoms. The van der Waals surface area contributed by atoms with Crippen LogP contribution in [0.2, 0.25) is 0 Å². The summed E-state index contributed by atoms with van der Waals surface area (Å²) in [6, 6.07) is 12.5. The van der Waals surface area contributed by atoms with Gasteiger partial charge in [0.05, 0.1) is 5.92 Å². The highest BCUT2D eigenvalue weighted by molar-refractivity contribution is 5.84. The van der Waals surface area contributed by atoms with Crippen LogP contribution in [0.3, 0.4) is 0 Å². The Morgan fingerprint density at radius 3 is 2.85 bits per heavy atom. The summed E-state index contributed by atoms with van der Waals surface area (Å²) < 4.78 is 0. The third kappa shape index (κ3) is 4.14. The highest BCUT2D eigenvalue weighted by Crippen LogP contribution is 2.31. The van der Waals surface area contributed by atoms with Crippen LogP contribution in [0.25, 0.3) is 0 Å². The molecule has 1 unspecified atom stereocenters. The van der Waals surface area contributed by atoms with E-state index >= 15 is 0 Å². The van der Waals surface area contributed by atoms with E-state index in [9.17, 15) is 4.79 Å². The number of aromatic nitrogens is 1. The molecule has 2 heterocycles. The number of anilines is 1. The number of hydrogen-bond acceptors (Lipinski definition) is 4. The van der Waals surface area contributed by atoms with Crippen molar-refractivity contribution in [3.05, 3.63) is 59.3 Å². The fourth-order valence-corrected chi connectivity index (χ4v) is 4.12. The van der Waals surface area contributed by atoms with Crippen LogP contribution in [0.15, 0.2) is 42.6 Å². The van der Waals surface area contributed by atoms with Gasteiger partial charge in [-0.15, -0.1) is 0 Å². The molecule has 0 bridgehead atoms. The fourth-order valence-electron chi connectivity index (χ4n) is 4.12. The lowest BCUT2D eigenvalue weighted by atomic mass is 9.82. The quantitative estimate of drug-likeness (QED) is 0.906. The largest absolute Gasteiger partial charge is 0.354 e. The number of fused-ring (bicyclic) bond motifs is 1. The van der Waals surface area contributed by atoms with E-state index in [2.05, 4.69) is 51.4 Å². The molecule has 1 amide bonds. The lowest BCUT2D eigenvalue weighted by Gasteiger charge is -2.33. The lowest BCUT2D eigenvalue weighted by Crippen LogP contribution is -2.44. The molecule has 0 saturated carbocycles. The van der Waals surface area contributed by atoms with Gasteiger partial charge in [-0.1, -0.05) is 24.3 Å². The summed E-state index contributed by atoms with van der Waals surface area (Å²) in [5.74, 6) is 1.13. The van der Waals surface area contributed by atoms with E-state index in [-0.39, 0.29) is 11.8 Å². The van der Waals surface area contributed by atoms with Crippen LogP contribution in [0.4, 0.5) is 5.82 Å². The molecule has 1 aliphatic heterocycles. The summed E-state index contributed by atoms with van der Waals surface area (Å²) in [5, 5.41) is 3.15. The molecule has 1 atom stereocenters. The standard InChI is InChI=1S/C22H28N4O/c1-25-11-13-26(14-12-25)21-15-17(9-10-23-21)16-24-22(27)20-8-4-6-18-5-2-3-7-19(18)20/h2-3,5,7,9-10,15,20H,4,6,8,11-14,16H2,1H3,(H,24,27). The molecule has 2 aromatic rings. The molecule has 4 rings (SSSR count). The van der Waals surface area contributed by atoms with Crippen LogP contribution in [-0.4, -0.2) is 49.0 Å². The molecule has 1 saturated heterocycles. The molecule has 1 aromatic heterocycles. The monoisotopic (exact) mass is 364 g/mol.